The predicted molar refractivity (Wildman–Crippen MR) is 102 cm³/mol. The maximum Gasteiger partial charge on any atom is 0.316 e. The molecule has 0 bridgehead atoms. The van der Waals surface area contributed by atoms with E-state index in [0.29, 0.717) is 16.5 Å². The topological polar surface area (TPSA) is 56.5 Å². The highest BCUT2D eigenvalue weighted by molar-refractivity contribution is 5.85. The van der Waals surface area contributed by atoms with Gasteiger partial charge in [0.05, 0.1) is 10.8 Å². The van der Waals surface area contributed by atoms with Gasteiger partial charge in [-0.1, -0.05) is 41.5 Å². The van der Waals surface area contributed by atoms with Crippen molar-refractivity contribution in [2.24, 2.45) is 5.41 Å². The second-order valence-corrected chi connectivity index (χ2v) is 7.59. The van der Waals surface area contributed by atoms with Gasteiger partial charge < -0.3 is 9.15 Å². The second-order valence-electron chi connectivity index (χ2n) is 7.59. The Balaban J connectivity index is 2.28. The zero-order valence-corrected chi connectivity index (χ0v) is 15.7. The normalized spacial score (nSPS) is 11.6. The Morgan fingerprint density at radius 1 is 0.962 bits per heavy atom. The largest absolute Gasteiger partial charge is 0.452 e. The monoisotopic (exact) mass is 350 g/mol. The molecule has 0 spiro atoms. The van der Waals surface area contributed by atoms with Crippen LogP contribution in [0.2, 0.25) is 0 Å². The molecule has 4 nitrogen and oxygen atoms in total. The summed E-state index contributed by atoms with van der Waals surface area (Å²) in [5.74, 6) is -0.277. The molecule has 0 radical (unpaired) electrons. The molecule has 1 aromatic heterocycles. The number of rotatable bonds is 2. The van der Waals surface area contributed by atoms with Crippen LogP contribution in [0.15, 0.2) is 51.7 Å². The lowest BCUT2D eigenvalue weighted by Crippen LogP contribution is -2.28. The van der Waals surface area contributed by atoms with Crippen LogP contribution in [0.1, 0.15) is 31.9 Å². The summed E-state index contributed by atoms with van der Waals surface area (Å²) in [6.07, 6.45) is 0. The summed E-state index contributed by atoms with van der Waals surface area (Å²) in [4.78, 5) is 25.5. The number of esters is 1. The van der Waals surface area contributed by atoms with E-state index in [1.807, 2.05) is 44.2 Å². The van der Waals surface area contributed by atoms with Gasteiger partial charge in [0.1, 0.15) is 5.58 Å². The first-order chi connectivity index (χ1) is 12.2. The summed E-state index contributed by atoms with van der Waals surface area (Å²) in [5.41, 5.74) is 2.09. The van der Waals surface area contributed by atoms with Crippen molar-refractivity contribution in [1.82, 2.24) is 0 Å². The fourth-order valence-corrected chi connectivity index (χ4v) is 2.53. The Bertz CT molecular complexity index is 1030. The van der Waals surface area contributed by atoms with Crippen molar-refractivity contribution < 1.29 is 13.9 Å². The Labute approximate surface area is 152 Å². The van der Waals surface area contributed by atoms with Crippen molar-refractivity contribution >= 4 is 16.9 Å². The van der Waals surface area contributed by atoms with Crippen LogP contribution in [0, 0.1) is 19.3 Å². The number of carbonyl (C=O) groups is 1. The lowest BCUT2D eigenvalue weighted by atomic mass is 9.97. The number of aryl methyl sites for hydroxylation is 2. The van der Waals surface area contributed by atoms with Gasteiger partial charge in [-0.05, 0) is 46.8 Å². The fourth-order valence-electron chi connectivity index (χ4n) is 2.53. The maximum absolute atomic E-state index is 13.1. The molecule has 0 aliphatic heterocycles. The molecule has 2 aromatic carbocycles. The van der Waals surface area contributed by atoms with E-state index < -0.39 is 11.4 Å². The van der Waals surface area contributed by atoms with Gasteiger partial charge in [-0.25, -0.2) is 0 Å². The standard InChI is InChI=1S/C22H22O4/c1-13-6-9-15(10-7-13)19-20(26-21(24)22(3,4)5)18(23)16-12-14(2)8-11-17(16)25-19/h6-12H,1-5H3. The van der Waals surface area contributed by atoms with Crippen molar-refractivity contribution in [2.45, 2.75) is 34.6 Å². The molecule has 1 heterocycles. The molecule has 0 amide bonds. The molecule has 0 N–H and O–H groups in total. The average Bonchev–Trinajstić information content (AvgIpc) is 2.57. The van der Waals surface area contributed by atoms with Crippen LogP contribution < -0.4 is 10.2 Å². The van der Waals surface area contributed by atoms with E-state index in [1.165, 1.54) is 0 Å². The van der Waals surface area contributed by atoms with Crippen LogP contribution in [0.3, 0.4) is 0 Å². The molecule has 134 valence electrons. The summed E-state index contributed by atoms with van der Waals surface area (Å²) in [5, 5.41) is 0.401. The van der Waals surface area contributed by atoms with Crippen LogP contribution in [0.25, 0.3) is 22.3 Å². The highest BCUT2D eigenvalue weighted by atomic mass is 16.5. The summed E-state index contributed by atoms with van der Waals surface area (Å²) < 4.78 is 11.5. The smallest absolute Gasteiger partial charge is 0.316 e. The first kappa shape index (κ1) is 17.9. The van der Waals surface area contributed by atoms with E-state index >= 15 is 0 Å². The molecule has 0 atom stereocenters. The minimum Gasteiger partial charge on any atom is -0.452 e. The number of hydrogen-bond donors (Lipinski definition) is 0. The lowest BCUT2D eigenvalue weighted by Gasteiger charge is -2.17. The average molecular weight is 350 g/mol. The SMILES string of the molecule is Cc1ccc(-c2oc3ccc(C)cc3c(=O)c2OC(=O)C(C)(C)C)cc1. The molecule has 0 saturated carbocycles. The number of carbonyl (C=O) groups excluding carboxylic acids is 1. The summed E-state index contributed by atoms with van der Waals surface area (Å²) in [7, 11) is 0. The quantitative estimate of drug-likeness (QED) is 0.608. The summed E-state index contributed by atoms with van der Waals surface area (Å²) >= 11 is 0. The van der Waals surface area contributed by atoms with Gasteiger partial charge in [-0.15, -0.1) is 0 Å². The van der Waals surface area contributed by atoms with Crippen molar-refractivity contribution in [2.75, 3.05) is 0 Å². The third-order valence-electron chi connectivity index (χ3n) is 4.13. The molecule has 3 rings (SSSR count). The van der Waals surface area contributed by atoms with E-state index in [1.54, 1.807) is 32.9 Å². The summed E-state index contributed by atoms with van der Waals surface area (Å²) in [6.45, 7) is 9.10. The number of fused-ring (bicyclic) bond motifs is 1. The van der Waals surface area contributed by atoms with E-state index in [2.05, 4.69) is 0 Å². The Kier molecular flexibility index (Phi) is 4.45. The van der Waals surface area contributed by atoms with Gasteiger partial charge in [-0.2, -0.15) is 0 Å². The first-order valence-electron chi connectivity index (χ1n) is 8.53. The molecule has 0 saturated heterocycles. The van der Waals surface area contributed by atoms with Gasteiger partial charge >= 0.3 is 5.97 Å². The molecule has 26 heavy (non-hydrogen) atoms. The van der Waals surface area contributed by atoms with Gasteiger partial charge in [0, 0.05) is 5.56 Å². The fraction of sp³-hybridized carbons (Fsp3) is 0.273. The molecule has 0 aliphatic carbocycles. The molecule has 0 fully saturated rings. The van der Waals surface area contributed by atoms with Gasteiger partial charge in [0.25, 0.3) is 0 Å². The van der Waals surface area contributed by atoms with Gasteiger partial charge in [0.15, 0.2) is 5.76 Å². The van der Waals surface area contributed by atoms with Crippen molar-refractivity contribution in [3.05, 3.63) is 63.8 Å². The van der Waals surface area contributed by atoms with Crippen molar-refractivity contribution in [3.8, 4) is 17.1 Å². The first-order valence-corrected chi connectivity index (χ1v) is 8.53. The van der Waals surface area contributed by atoms with E-state index in [-0.39, 0.29) is 16.9 Å². The minimum atomic E-state index is -0.738. The zero-order chi connectivity index (χ0) is 19.1. The van der Waals surface area contributed by atoms with E-state index in [9.17, 15) is 9.59 Å². The zero-order valence-electron chi connectivity index (χ0n) is 15.7. The van der Waals surface area contributed by atoms with Gasteiger partial charge in [-0.3, -0.25) is 9.59 Å². The minimum absolute atomic E-state index is 0.0631. The van der Waals surface area contributed by atoms with Crippen LogP contribution in [0.4, 0.5) is 0 Å². The van der Waals surface area contributed by atoms with Gasteiger partial charge in [0.2, 0.25) is 11.2 Å². The molecular weight excluding hydrogens is 328 g/mol. The Morgan fingerprint density at radius 3 is 2.19 bits per heavy atom. The van der Waals surface area contributed by atoms with Crippen LogP contribution in [-0.2, 0) is 4.79 Å². The van der Waals surface area contributed by atoms with E-state index in [4.69, 9.17) is 9.15 Å². The van der Waals surface area contributed by atoms with Crippen molar-refractivity contribution in [3.63, 3.8) is 0 Å². The van der Waals surface area contributed by atoms with Crippen molar-refractivity contribution in [1.29, 1.82) is 0 Å². The highest BCUT2D eigenvalue weighted by Crippen LogP contribution is 2.32. The number of hydrogen-bond acceptors (Lipinski definition) is 4. The lowest BCUT2D eigenvalue weighted by molar-refractivity contribution is -0.143. The maximum atomic E-state index is 13.1. The molecular formula is C22H22O4. The highest BCUT2D eigenvalue weighted by Gasteiger charge is 2.28. The summed E-state index contributed by atoms with van der Waals surface area (Å²) in [6, 6.07) is 12.9. The Hall–Kier alpha value is -2.88. The van der Waals surface area contributed by atoms with Crippen LogP contribution in [-0.4, -0.2) is 5.97 Å². The molecule has 0 unspecified atom stereocenters. The number of benzene rings is 2. The molecule has 0 aliphatic rings. The van der Waals surface area contributed by atoms with Crippen LogP contribution >= 0.6 is 0 Å². The predicted octanol–water partition coefficient (Wildman–Crippen LogP) is 5.03. The van der Waals surface area contributed by atoms with Crippen LogP contribution in [0.5, 0.6) is 5.75 Å². The molecule has 4 heteroatoms. The Morgan fingerprint density at radius 2 is 1.58 bits per heavy atom. The third kappa shape index (κ3) is 3.40. The third-order valence-corrected chi connectivity index (χ3v) is 4.13. The second kappa shape index (κ2) is 6.45. The van der Waals surface area contributed by atoms with E-state index in [0.717, 1.165) is 11.1 Å². The molecule has 3 aromatic rings. The number of ether oxygens (including phenoxy) is 1.